The first-order chi connectivity index (χ1) is 7.52. The van der Waals surface area contributed by atoms with Gasteiger partial charge in [0, 0.05) is 6.20 Å². The maximum atomic E-state index is 12.5. The Labute approximate surface area is 94.8 Å². The molecule has 0 aliphatic heterocycles. The van der Waals surface area contributed by atoms with Crippen LogP contribution in [0.4, 0.5) is 8.78 Å². The van der Waals surface area contributed by atoms with Crippen LogP contribution >= 0.6 is 11.6 Å². The van der Waals surface area contributed by atoms with Crippen molar-refractivity contribution in [2.24, 2.45) is 0 Å². The summed E-state index contributed by atoms with van der Waals surface area (Å²) in [4.78, 5) is 14.8. The van der Waals surface area contributed by atoms with E-state index in [0.717, 1.165) is 13.3 Å². The quantitative estimate of drug-likeness (QED) is 0.661. The van der Waals surface area contributed by atoms with E-state index in [0.29, 0.717) is 0 Å². The number of carbonyl (C=O) groups excluding carboxylic acids is 1. The molecule has 0 aliphatic rings. The lowest BCUT2D eigenvalue weighted by molar-refractivity contribution is 0.0584. The van der Waals surface area contributed by atoms with Crippen LogP contribution in [-0.4, -0.2) is 23.2 Å². The van der Waals surface area contributed by atoms with Gasteiger partial charge in [0.2, 0.25) is 0 Å². The maximum Gasteiger partial charge on any atom is 0.342 e. The molecular formula is C9H8ClF2NO3. The molecule has 16 heavy (non-hydrogen) atoms. The summed E-state index contributed by atoms with van der Waals surface area (Å²) in [5, 5.41) is 9.54. The summed E-state index contributed by atoms with van der Waals surface area (Å²) in [6, 6.07) is 0. The van der Waals surface area contributed by atoms with E-state index in [1.165, 1.54) is 0 Å². The zero-order chi connectivity index (χ0) is 12.3. The first-order valence-electron chi connectivity index (χ1n) is 4.16. The highest BCUT2D eigenvalue weighted by Crippen LogP contribution is 2.31. The van der Waals surface area contributed by atoms with Crippen molar-refractivity contribution in [2.75, 3.05) is 7.11 Å². The number of pyridine rings is 1. The van der Waals surface area contributed by atoms with Crippen molar-refractivity contribution < 1.29 is 23.4 Å². The number of hydrogen-bond acceptors (Lipinski definition) is 4. The number of aromatic hydroxyl groups is 1. The second-order valence-electron chi connectivity index (χ2n) is 2.81. The Bertz CT molecular complexity index is 412. The van der Waals surface area contributed by atoms with Crippen LogP contribution in [0.1, 0.15) is 28.0 Å². The van der Waals surface area contributed by atoms with Crippen molar-refractivity contribution in [2.45, 2.75) is 12.3 Å². The summed E-state index contributed by atoms with van der Waals surface area (Å²) < 4.78 is 29.4. The smallest absolute Gasteiger partial charge is 0.342 e. The van der Waals surface area contributed by atoms with E-state index >= 15 is 0 Å². The molecule has 0 radical (unpaired) electrons. The molecule has 0 saturated heterocycles. The zero-order valence-corrected chi connectivity index (χ0v) is 8.96. The lowest BCUT2D eigenvalue weighted by Crippen LogP contribution is -2.09. The third-order valence-corrected chi connectivity index (χ3v) is 2.16. The van der Waals surface area contributed by atoms with Crippen molar-refractivity contribution in [3.8, 4) is 5.75 Å². The van der Waals surface area contributed by atoms with E-state index < -0.39 is 29.3 Å². The van der Waals surface area contributed by atoms with Gasteiger partial charge in [-0.25, -0.2) is 13.6 Å². The zero-order valence-electron chi connectivity index (χ0n) is 8.21. The van der Waals surface area contributed by atoms with Gasteiger partial charge in [0.1, 0.15) is 5.56 Å². The van der Waals surface area contributed by atoms with Gasteiger partial charge in [-0.2, -0.15) is 0 Å². The highest BCUT2D eigenvalue weighted by Gasteiger charge is 2.25. The summed E-state index contributed by atoms with van der Waals surface area (Å²) in [5.74, 6) is -1.92. The Morgan fingerprint density at radius 2 is 2.31 bits per heavy atom. The second-order valence-corrected chi connectivity index (χ2v) is 3.08. The van der Waals surface area contributed by atoms with E-state index in [2.05, 4.69) is 9.72 Å². The molecule has 88 valence electrons. The summed E-state index contributed by atoms with van der Waals surface area (Å²) in [7, 11) is 1.03. The molecule has 7 heteroatoms. The molecule has 0 saturated carbocycles. The predicted octanol–water partition coefficient (Wildman–Crippen LogP) is 2.25. The first-order valence-corrected chi connectivity index (χ1v) is 4.69. The molecule has 1 rings (SSSR count). The number of ether oxygens (including phenoxy) is 1. The molecule has 0 aromatic carbocycles. The van der Waals surface area contributed by atoms with E-state index in [9.17, 15) is 18.7 Å². The third kappa shape index (κ3) is 2.21. The van der Waals surface area contributed by atoms with Crippen LogP contribution in [0.15, 0.2) is 6.20 Å². The van der Waals surface area contributed by atoms with Crippen LogP contribution in [0.5, 0.6) is 5.75 Å². The van der Waals surface area contributed by atoms with Crippen molar-refractivity contribution in [1.82, 2.24) is 4.98 Å². The van der Waals surface area contributed by atoms with E-state index in [1.54, 1.807) is 0 Å². The van der Waals surface area contributed by atoms with E-state index in [-0.39, 0.29) is 11.6 Å². The van der Waals surface area contributed by atoms with Crippen LogP contribution in [0.25, 0.3) is 0 Å². The molecule has 1 N–H and O–H groups in total. The number of rotatable bonds is 3. The van der Waals surface area contributed by atoms with Gasteiger partial charge in [0.05, 0.1) is 24.2 Å². The highest BCUT2D eigenvalue weighted by molar-refractivity contribution is 6.17. The Kier molecular flexibility index (Phi) is 4.00. The number of methoxy groups -OCH3 is 1. The molecule has 0 aliphatic carbocycles. The van der Waals surface area contributed by atoms with Crippen molar-refractivity contribution >= 4 is 17.6 Å². The Morgan fingerprint density at radius 1 is 1.69 bits per heavy atom. The molecule has 0 unspecified atom stereocenters. The number of carbonyl (C=O) groups is 1. The predicted molar refractivity (Wildman–Crippen MR) is 51.8 cm³/mol. The molecule has 0 fully saturated rings. The summed E-state index contributed by atoms with van der Waals surface area (Å²) in [5.41, 5.74) is -1.33. The lowest BCUT2D eigenvalue weighted by atomic mass is 10.1. The Morgan fingerprint density at radius 3 is 2.75 bits per heavy atom. The molecule has 0 spiro atoms. The average molecular weight is 252 g/mol. The monoisotopic (exact) mass is 251 g/mol. The second kappa shape index (κ2) is 5.07. The van der Waals surface area contributed by atoms with Gasteiger partial charge in [0.15, 0.2) is 5.75 Å². The fourth-order valence-electron chi connectivity index (χ4n) is 1.13. The minimum Gasteiger partial charge on any atom is -0.505 e. The van der Waals surface area contributed by atoms with Crippen molar-refractivity contribution in [1.29, 1.82) is 0 Å². The molecule has 0 amide bonds. The summed E-state index contributed by atoms with van der Waals surface area (Å²) in [6.07, 6.45) is -2.13. The Balaban J connectivity index is 3.42. The third-order valence-electron chi connectivity index (χ3n) is 1.91. The van der Waals surface area contributed by atoms with Crippen molar-refractivity contribution in [3.05, 3.63) is 23.0 Å². The molecule has 1 heterocycles. The van der Waals surface area contributed by atoms with Crippen LogP contribution < -0.4 is 0 Å². The largest absolute Gasteiger partial charge is 0.505 e. The minimum atomic E-state index is -2.93. The van der Waals surface area contributed by atoms with Crippen LogP contribution in [0.3, 0.4) is 0 Å². The number of nitrogens with zero attached hydrogens (tertiary/aromatic N) is 1. The molecule has 0 bridgehead atoms. The van der Waals surface area contributed by atoms with Crippen LogP contribution in [0.2, 0.25) is 0 Å². The number of hydrogen-bond donors (Lipinski definition) is 1. The van der Waals surface area contributed by atoms with Gasteiger partial charge < -0.3 is 9.84 Å². The van der Waals surface area contributed by atoms with Gasteiger partial charge in [-0.1, -0.05) is 0 Å². The van der Waals surface area contributed by atoms with Gasteiger partial charge in [-0.3, -0.25) is 4.98 Å². The van der Waals surface area contributed by atoms with Gasteiger partial charge >= 0.3 is 5.97 Å². The standard InChI is InChI=1S/C9H8ClF2NO3/c1-16-9(15)6-4(8(11)12)3-13-5(2-10)7(6)14/h3,8,14H,2H2,1H3. The number of alkyl halides is 3. The first kappa shape index (κ1) is 12.6. The average Bonchev–Trinajstić information content (AvgIpc) is 2.27. The summed E-state index contributed by atoms with van der Waals surface area (Å²) in [6.45, 7) is 0. The minimum absolute atomic E-state index is 0.0496. The van der Waals surface area contributed by atoms with Crippen molar-refractivity contribution in [3.63, 3.8) is 0 Å². The number of aromatic nitrogens is 1. The van der Waals surface area contributed by atoms with Gasteiger partial charge in [-0.05, 0) is 0 Å². The SMILES string of the molecule is COC(=O)c1c(C(F)F)cnc(CCl)c1O. The molecular weight excluding hydrogens is 244 g/mol. The van der Waals surface area contributed by atoms with Gasteiger partial charge in [0.25, 0.3) is 6.43 Å². The molecule has 0 atom stereocenters. The molecule has 1 aromatic heterocycles. The molecule has 1 aromatic rings. The summed E-state index contributed by atoms with van der Waals surface area (Å²) >= 11 is 5.42. The number of esters is 1. The Hall–Kier alpha value is -1.43. The fraction of sp³-hybridized carbons (Fsp3) is 0.333. The van der Waals surface area contributed by atoms with Gasteiger partial charge in [-0.15, -0.1) is 11.6 Å². The highest BCUT2D eigenvalue weighted by atomic mass is 35.5. The topological polar surface area (TPSA) is 59.4 Å². The lowest BCUT2D eigenvalue weighted by Gasteiger charge is -2.10. The van der Waals surface area contributed by atoms with Crippen LogP contribution in [-0.2, 0) is 10.6 Å². The number of halogens is 3. The van der Waals surface area contributed by atoms with Crippen LogP contribution in [0, 0.1) is 0 Å². The fourth-order valence-corrected chi connectivity index (χ4v) is 1.33. The normalized spacial score (nSPS) is 10.6. The molecule has 4 nitrogen and oxygen atoms in total. The maximum absolute atomic E-state index is 12.5. The van der Waals surface area contributed by atoms with E-state index in [4.69, 9.17) is 11.6 Å². The van der Waals surface area contributed by atoms with E-state index in [1.807, 2.05) is 0 Å².